The van der Waals surface area contributed by atoms with Crippen LogP contribution >= 0.6 is 0 Å². The van der Waals surface area contributed by atoms with Crippen LogP contribution < -0.4 is 4.74 Å². The van der Waals surface area contributed by atoms with Crippen molar-refractivity contribution in [2.24, 2.45) is 0 Å². The average Bonchev–Trinajstić information content (AvgIpc) is 2.86. The number of benzene rings is 1. The molecule has 0 bridgehead atoms. The molecule has 0 radical (unpaired) electrons. The molecule has 0 aliphatic rings. The molecule has 0 spiro atoms. The summed E-state index contributed by atoms with van der Waals surface area (Å²) in [6.07, 6.45) is 4.30. The molecule has 0 aliphatic heterocycles. The fourth-order valence-corrected chi connectivity index (χ4v) is 1.89. The largest absolute Gasteiger partial charge is 0.497 e. The molecule has 0 saturated carbocycles. The van der Waals surface area contributed by atoms with Crippen LogP contribution in [0.3, 0.4) is 0 Å². The van der Waals surface area contributed by atoms with Crippen LogP contribution in [0.25, 0.3) is 0 Å². The van der Waals surface area contributed by atoms with E-state index in [1.54, 1.807) is 7.11 Å². The summed E-state index contributed by atoms with van der Waals surface area (Å²) in [6, 6.07) is 5.80. The lowest BCUT2D eigenvalue weighted by molar-refractivity contribution is 0.305. The maximum absolute atomic E-state index is 8.80. The van der Waals surface area contributed by atoms with Crippen molar-refractivity contribution in [2.45, 2.75) is 19.9 Å². The summed E-state index contributed by atoms with van der Waals surface area (Å²) in [5, 5.41) is 13.1. The molecule has 0 atom stereocenters. The maximum Gasteiger partial charge on any atom is 0.119 e. The normalized spacial score (nSPS) is 9.95. The highest BCUT2D eigenvalue weighted by Gasteiger charge is 2.04. The molecule has 0 unspecified atom stereocenters. The number of hydrogen-bond acceptors (Lipinski definition) is 3. The van der Waals surface area contributed by atoms with Crippen LogP contribution in [0.1, 0.15) is 23.1 Å². The standard InChI is InChI=1S/C16H18N2O2/c1-13-10-17-18(11-13)12-15-9-16(20-2)7-6-14(15)5-3-4-8-19/h6-7,9-11,19H,4,8,12H2,1-2H3. The van der Waals surface area contributed by atoms with Gasteiger partial charge >= 0.3 is 0 Å². The summed E-state index contributed by atoms with van der Waals surface area (Å²) in [5.74, 6) is 6.84. The first-order valence-electron chi connectivity index (χ1n) is 6.48. The summed E-state index contributed by atoms with van der Waals surface area (Å²) in [5.41, 5.74) is 3.12. The van der Waals surface area contributed by atoms with Crippen molar-refractivity contribution in [1.29, 1.82) is 0 Å². The monoisotopic (exact) mass is 270 g/mol. The summed E-state index contributed by atoms with van der Waals surface area (Å²) in [4.78, 5) is 0. The van der Waals surface area contributed by atoms with Gasteiger partial charge in [0.05, 0.1) is 26.5 Å². The maximum atomic E-state index is 8.80. The molecule has 0 aliphatic carbocycles. The van der Waals surface area contributed by atoms with E-state index in [0.29, 0.717) is 13.0 Å². The van der Waals surface area contributed by atoms with E-state index in [1.807, 2.05) is 42.2 Å². The van der Waals surface area contributed by atoms with E-state index in [1.165, 1.54) is 0 Å². The van der Waals surface area contributed by atoms with E-state index in [-0.39, 0.29) is 6.61 Å². The van der Waals surface area contributed by atoms with Crippen molar-refractivity contribution in [3.05, 3.63) is 47.3 Å². The average molecular weight is 270 g/mol. The molecule has 4 heteroatoms. The Balaban J connectivity index is 2.30. The molecule has 0 saturated heterocycles. The van der Waals surface area contributed by atoms with Crippen molar-refractivity contribution in [1.82, 2.24) is 9.78 Å². The SMILES string of the molecule is COc1ccc(C#CCCO)c(Cn2cc(C)cn2)c1. The molecule has 1 aromatic heterocycles. The second-order valence-corrected chi connectivity index (χ2v) is 4.51. The molecule has 104 valence electrons. The zero-order chi connectivity index (χ0) is 14.4. The number of nitrogens with zero attached hydrogens (tertiary/aromatic N) is 2. The molecule has 2 aromatic rings. The van der Waals surface area contributed by atoms with E-state index in [9.17, 15) is 0 Å². The van der Waals surface area contributed by atoms with Gasteiger partial charge in [0.15, 0.2) is 0 Å². The van der Waals surface area contributed by atoms with Crippen molar-refractivity contribution in [2.75, 3.05) is 13.7 Å². The van der Waals surface area contributed by atoms with Crippen LogP contribution in [-0.2, 0) is 6.54 Å². The van der Waals surface area contributed by atoms with Crippen molar-refractivity contribution < 1.29 is 9.84 Å². The van der Waals surface area contributed by atoms with Crippen molar-refractivity contribution in [3.63, 3.8) is 0 Å². The zero-order valence-corrected chi connectivity index (χ0v) is 11.8. The van der Waals surface area contributed by atoms with Gasteiger partial charge in [-0.15, -0.1) is 0 Å². The first-order chi connectivity index (χ1) is 9.72. The number of hydrogen-bond donors (Lipinski definition) is 1. The van der Waals surface area contributed by atoms with Crippen molar-refractivity contribution in [3.8, 4) is 17.6 Å². The van der Waals surface area contributed by atoms with Gasteiger partial charge in [-0.1, -0.05) is 11.8 Å². The minimum Gasteiger partial charge on any atom is -0.497 e. The Morgan fingerprint density at radius 1 is 1.40 bits per heavy atom. The van der Waals surface area contributed by atoms with Gasteiger partial charge in [0, 0.05) is 18.2 Å². The van der Waals surface area contributed by atoms with Crippen LogP contribution in [0.4, 0.5) is 0 Å². The first kappa shape index (κ1) is 14.2. The molecule has 2 rings (SSSR count). The predicted molar refractivity (Wildman–Crippen MR) is 77.6 cm³/mol. The lowest BCUT2D eigenvalue weighted by Crippen LogP contribution is -2.02. The van der Waals surface area contributed by atoms with Gasteiger partial charge in [0.25, 0.3) is 0 Å². The summed E-state index contributed by atoms with van der Waals surface area (Å²) >= 11 is 0. The predicted octanol–water partition coefficient (Wildman–Crippen LogP) is 1.98. The highest BCUT2D eigenvalue weighted by Crippen LogP contribution is 2.18. The van der Waals surface area contributed by atoms with Gasteiger partial charge < -0.3 is 9.84 Å². The summed E-state index contributed by atoms with van der Waals surface area (Å²) in [6.45, 7) is 2.74. The molecule has 0 amide bonds. The molecule has 0 fully saturated rings. The number of aromatic nitrogens is 2. The minimum absolute atomic E-state index is 0.0802. The third kappa shape index (κ3) is 3.62. The fourth-order valence-electron chi connectivity index (χ4n) is 1.89. The van der Waals surface area contributed by atoms with E-state index < -0.39 is 0 Å². The third-order valence-electron chi connectivity index (χ3n) is 2.87. The Labute approximate surface area is 119 Å². The van der Waals surface area contributed by atoms with Crippen LogP contribution in [-0.4, -0.2) is 28.6 Å². The van der Waals surface area contributed by atoms with Gasteiger partial charge in [-0.3, -0.25) is 4.68 Å². The van der Waals surface area contributed by atoms with E-state index >= 15 is 0 Å². The van der Waals surface area contributed by atoms with Crippen LogP contribution in [0.15, 0.2) is 30.6 Å². The smallest absolute Gasteiger partial charge is 0.119 e. The van der Waals surface area contributed by atoms with Crippen molar-refractivity contribution >= 4 is 0 Å². The Hall–Kier alpha value is -2.25. The number of rotatable bonds is 4. The Bertz CT molecular complexity index is 635. The fraction of sp³-hybridized carbons (Fsp3) is 0.312. The molecule has 4 nitrogen and oxygen atoms in total. The molecule has 1 N–H and O–H groups in total. The molecule has 20 heavy (non-hydrogen) atoms. The highest BCUT2D eigenvalue weighted by molar-refractivity contribution is 5.45. The number of aliphatic hydroxyl groups is 1. The Morgan fingerprint density at radius 3 is 2.90 bits per heavy atom. The lowest BCUT2D eigenvalue weighted by Gasteiger charge is -2.08. The second kappa shape index (κ2) is 6.78. The topological polar surface area (TPSA) is 47.3 Å². The zero-order valence-electron chi connectivity index (χ0n) is 11.8. The number of aryl methyl sites for hydroxylation is 1. The lowest BCUT2D eigenvalue weighted by atomic mass is 10.1. The molecular weight excluding hydrogens is 252 g/mol. The van der Waals surface area contributed by atoms with E-state index in [0.717, 1.165) is 22.4 Å². The number of aliphatic hydroxyl groups excluding tert-OH is 1. The minimum atomic E-state index is 0.0802. The summed E-state index contributed by atoms with van der Waals surface area (Å²) < 4.78 is 7.14. The Morgan fingerprint density at radius 2 is 2.25 bits per heavy atom. The van der Waals surface area contributed by atoms with Gasteiger partial charge in [0.1, 0.15) is 5.75 Å². The van der Waals surface area contributed by atoms with Gasteiger partial charge in [-0.05, 0) is 36.2 Å². The second-order valence-electron chi connectivity index (χ2n) is 4.51. The summed E-state index contributed by atoms with van der Waals surface area (Å²) in [7, 11) is 1.65. The van der Waals surface area contributed by atoms with Gasteiger partial charge in [0.2, 0.25) is 0 Å². The molecular formula is C16H18N2O2. The van der Waals surface area contributed by atoms with Gasteiger partial charge in [-0.2, -0.15) is 5.10 Å². The van der Waals surface area contributed by atoms with Gasteiger partial charge in [-0.25, -0.2) is 0 Å². The third-order valence-corrected chi connectivity index (χ3v) is 2.87. The Kier molecular flexibility index (Phi) is 4.80. The van der Waals surface area contributed by atoms with Crippen LogP contribution in [0.5, 0.6) is 5.75 Å². The van der Waals surface area contributed by atoms with Crippen LogP contribution in [0, 0.1) is 18.8 Å². The number of ether oxygens (including phenoxy) is 1. The highest BCUT2D eigenvalue weighted by atomic mass is 16.5. The van der Waals surface area contributed by atoms with E-state index in [4.69, 9.17) is 9.84 Å². The molecule has 1 heterocycles. The van der Waals surface area contributed by atoms with E-state index in [2.05, 4.69) is 16.9 Å². The molecule has 1 aromatic carbocycles. The quantitative estimate of drug-likeness (QED) is 0.864. The number of methoxy groups -OCH3 is 1. The van der Waals surface area contributed by atoms with Crippen LogP contribution in [0.2, 0.25) is 0 Å². The first-order valence-corrected chi connectivity index (χ1v) is 6.48.